The lowest BCUT2D eigenvalue weighted by Gasteiger charge is -2.13. The maximum absolute atomic E-state index is 13.1. The molecular weight excluding hydrogens is 333 g/mol. The summed E-state index contributed by atoms with van der Waals surface area (Å²) in [6.45, 7) is 1.76. The molecule has 0 heterocycles. The molecule has 3 aromatic rings. The van der Waals surface area contributed by atoms with Crippen LogP contribution in [0, 0.1) is 12.7 Å². The molecule has 1 amide bonds. The van der Waals surface area contributed by atoms with E-state index in [1.54, 1.807) is 24.3 Å². The summed E-state index contributed by atoms with van der Waals surface area (Å²) in [5, 5.41) is 2.74. The van der Waals surface area contributed by atoms with Gasteiger partial charge in [-0.2, -0.15) is 0 Å². The van der Waals surface area contributed by atoms with Crippen molar-refractivity contribution < 1.29 is 18.7 Å². The predicted octanol–water partition coefficient (Wildman–Crippen LogP) is 4.94. The molecule has 5 heteroatoms. The van der Waals surface area contributed by atoms with E-state index in [1.165, 1.54) is 18.2 Å². The summed E-state index contributed by atoms with van der Waals surface area (Å²) in [7, 11) is 0. The summed E-state index contributed by atoms with van der Waals surface area (Å²) in [6.07, 6.45) is 0. The van der Waals surface area contributed by atoms with Crippen molar-refractivity contribution in [3.63, 3.8) is 0 Å². The second-order valence-corrected chi connectivity index (χ2v) is 5.71. The monoisotopic (exact) mass is 351 g/mol. The molecule has 0 saturated carbocycles. The summed E-state index contributed by atoms with van der Waals surface area (Å²) >= 11 is 0. The summed E-state index contributed by atoms with van der Waals surface area (Å²) in [6, 6.07) is 20.4. The van der Waals surface area contributed by atoms with Crippen LogP contribution < -0.4 is 14.8 Å². The van der Waals surface area contributed by atoms with Crippen molar-refractivity contribution in [2.45, 2.75) is 6.92 Å². The summed E-state index contributed by atoms with van der Waals surface area (Å²) in [4.78, 5) is 12.1. The van der Waals surface area contributed by atoms with E-state index in [4.69, 9.17) is 9.47 Å². The Hall–Kier alpha value is -3.34. The van der Waals surface area contributed by atoms with Crippen LogP contribution in [0.2, 0.25) is 0 Å². The van der Waals surface area contributed by atoms with E-state index in [0.717, 1.165) is 5.56 Å². The number of amides is 1. The molecule has 0 unspecified atom stereocenters. The minimum Gasteiger partial charge on any atom is -0.484 e. The summed E-state index contributed by atoms with van der Waals surface area (Å²) in [5.41, 5.74) is 1.66. The van der Waals surface area contributed by atoms with Crippen molar-refractivity contribution in [1.29, 1.82) is 0 Å². The highest BCUT2D eigenvalue weighted by atomic mass is 19.1. The van der Waals surface area contributed by atoms with E-state index in [9.17, 15) is 9.18 Å². The van der Waals surface area contributed by atoms with E-state index < -0.39 is 5.82 Å². The van der Waals surface area contributed by atoms with Gasteiger partial charge in [-0.15, -0.1) is 0 Å². The fourth-order valence-corrected chi connectivity index (χ4v) is 2.28. The number of carbonyl (C=O) groups excluding carboxylic acids is 1. The Labute approximate surface area is 151 Å². The Morgan fingerprint density at radius 3 is 2.50 bits per heavy atom. The van der Waals surface area contributed by atoms with Crippen molar-refractivity contribution in [2.75, 3.05) is 11.9 Å². The van der Waals surface area contributed by atoms with Crippen molar-refractivity contribution in [3.05, 3.63) is 84.2 Å². The Bertz CT molecular complexity index is 894. The van der Waals surface area contributed by atoms with Gasteiger partial charge >= 0.3 is 0 Å². The van der Waals surface area contributed by atoms with Crippen LogP contribution in [0.4, 0.5) is 10.1 Å². The molecule has 0 radical (unpaired) electrons. The van der Waals surface area contributed by atoms with Crippen molar-refractivity contribution >= 4 is 11.6 Å². The molecule has 0 aliphatic heterocycles. The van der Waals surface area contributed by atoms with E-state index in [0.29, 0.717) is 22.9 Å². The van der Waals surface area contributed by atoms with Gasteiger partial charge in [0.05, 0.1) is 5.69 Å². The van der Waals surface area contributed by atoms with Crippen molar-refractivity contribution in [3.8, 4) is 17.2 Å². The average molecular weight is 351 g/mol. The number of benzene rings is 3. The number of anilines is 1. The molecule has 132 valence electrons. The first-order valence-electron chi connectivity index (χ1n) is 8.12. The summed E-state index contributed by atoms with van der Waals surface area (Å²) < 4.78 is 24.3. The molecule has 0 aliphatic carbocycles. The number of rotatable bonds is 6. The van der Waals surface area contributed by atoms with Gasteiger partial charge in [-0.3, -0.25) is 4.79 Å². The molecule has 0 spiro atoms. The van der Waals surface area contributed by atoms with Crippen LogP contribution in [-0.4, -0.2) is 12.5 Å². The number of ether oxygens (including phenoxy) is 2. The Morgan fingerprint density at radius 2 is 1.73 bits per heavy atom. The SMILES string of the molecule is Cc1ccc(Oc2ccccc2NC(=O)COc2cccc(F)c2)cc1. The van der Waals surface area contributed by atoms with Gasteiger partial charge in [0.2, 0.25) is 0 Å². The zero-order valence-corrected chi connectivity index (χ0v) is 14.2. The summed E-state index contributed by atoms with van der Waals surface area (Å²) in [5.74, 6) is 0.710. The first kappa shape index (κ1) is 17.5. The quantitative estimate of drug-likeness (QED) is 0.684. The van der Waals surface area contributed by atoms with Gasteiger partial charge in [-0.25, -0.2) is 4.39 Å². The third-order valence-electron chi connectivity index (χ3n) is 3.58. The van der Waals surface area contributed by atoms with Crippen LogP contribution in [0.3, 0.4) is 0 Å². The number of hydrogen-bond acceptors (Lipinski definition) is 3. The van der Waals surface area contributed by atoms with Crippen molar-refractivity contribution in [2.24, 2.45) is 0 Å². The maximum atomic E-state index is 13.1. The number of aryl methyl sites for hydroxylation is 1. The molecule has 26 heavy (non-hydrogen) atoms. The van der Waals surface area contributed by atoms with Crippen LogP contribution in [0.15, 0.2) is 72.8 Å². The van der Waals surface area contributed by atoms with E-state index >= 15 is 0 Å². The van der Waals surface area contributed by atoms with Crippen LogP contribution >= 0.6 is 0 Å². The Balaban J connectivity index is 1.63. The molecule has 3 aromatic carbocycles. The fourth-order valence-electron chi connectivity index (χ4n) is 2.28. The van der Waals surface area contributed by atoms with Crippen LogP contribution in [0.5, 0.6) is 17.2 Å². The van der Waals surface area contributed by atoms with Gasteiger partial charge in [0, 0.05) is 6.07 Å². The third-order valence-corrected chi connectivity index (χ3v) is 3.58. The Kier molecular flexibility index (Phi) is 5.49. The molecule has 0 aromatic heterocycles. The number of carbonyl (C=O) groups is 1. The fraction of sp³-hybridized carbons (Fsp3) is 0.0952. The number of halogens is 1. The topological polar surface area (TPSA) is 47.6 Å². The molecule has 0 fully saturated rings. The second kappa shape index (κ2) is 8.16. The molecular formula is C21H18FNO3. The molecule has 0 atom stereocenters. The lowest BCUT2D eigenvalue weighted by molar-refractivity contribution is -0.118. The molecule has 0 saturated heterocycles. The van der Waals surface area contributed by atoms with Gasteiger partial charge in [0.15, 0.2) is 12.4 Å². The molecule has 3 rings (SSSR count). The second-order valence-electron chi connectivity index (χ2n) is 5.71. The number of para-hydroxylation sites is 2. The molecule has 0 aliphatic rings. The van der Waals surface area contributed by atoms with Crippen LogP contribution in [0.1, 0.15) is 5.56 Å². The molecule has 0 bridgehead atoms. The predicted molar refractivity (Wildman–Crippen MR) is 98.2 cm³/mol. The molecule has 4 nitrogen and oxygen atoms in total. The first-order chi connectivity index (χ1) is 12.6. The highest BCUT2D eigenvalue weighted by Crippen LogP contribution is 2.29. The average Bonchev–Trinajstić information content (AvgIpc) is 2.64. The highest BCUT2D eigenvalue weighted by molar-refractivity contribution is 5.93. The number of hydrogen-bond donors (Lipinski definition) is 1. The lowest BCUT2D eigenvalue weighted by Crippen LogP contribution is -2.20. The van der Waals surface area contributed by atoms with Crippen molar-refractivity contribution in [1.82, 2.24) is 0 Å². The normalized spacial score (nSPS) is 10.2. The van der Waals surface area contributed by atoms with Gasteiger partial charge in [0.25, 0.3) is 5.91 Å². The highest BCUT2D eigenvalue weighted by Gasteiger charge is 2.09. The number of nitrogens with one attached hydrogen (secondary N) is 1. The van der Waals surface area contributed by atoms with E-state index in [-0.39, 0.29) is 12.5 Å². The maximum Gasteiger partial charge on any atom is 0.262 e. The Morgan fingerprint density at radius 1 is 0.962 bits per heavy atom. The lowest BCUT2D eigenvalue weighted by atomic mass is 10.2. The van der Waals surface area contributed by atoms with E-state index in [1.807, 2.05) is 37.3 Å². The first-order valence-corrected chi connectivity index (χ1v) is 8.12. The van der Waals surface area contributed by atoms with Gasteiger partial charge in [0.1, 0.15) is 17.3 Å². The van der Waals surface area contributed by atoms with Gasteiger partial charge in [-0.05, 0) is 43.3 Å². The van der Waals surface area contributed by atoms with Gasteiger partial charge in [-0.1, -0.05) is 35.9 Å². The minimum atomic E-state index is -0.417. The third kappa shape index (κ3) is 4.83. The smallest absolute Gasteiger partial charge is 0.262 e. The van der Waals surface area contributed by atoms with Crippen LogP contribution in [0.25, 0.3) is 0 Å². The zero-order chi connectivity index (χ0) is 18.4. The minimum absolute atomic E-state index is 0.234. The van der Waals surface area contributed by atoms with E-state index in [2.05, 4.69) is 5.32 Å². The van der Waals surface area contributed by atoms with Gasteiger partial charge < -0.3 is 14.8 Å². The zero-order valence-electron chi connectivity index (χ0n) is 14.2. The largest absolute Gasteiger partial charge is 0.484 e. The van der Waals surface area contributed by atoms with Crippen LogP contribution in [-0.2, 0) is 4.79 Å². The molecule has 1 N–H and O–H groups in total. The standard InChI is InChI=1S/C21H18FNO3/c1-15-9-11-17(12-10-15)26-20-8-3-2-7-19(20)23-21(24)14-25-18-6-4-5-16(22)13-18/h2-13H,14H2,1H3,(H,23,24).